The van der Waals surface area contributed by atoms with Gasteiger partial charge in [-0.05, 0) is 39.8 Å². The van der Waals surface area contributed by atoms with Crippen LogP contribution in [0.3, 0.4) is 0 Å². The van der Waals surface area contributed by atoms with E-state index in [4.69, 9.17) is 4.74 Å². The standard InChI is InChI=1S/C17H34N4O2/c1-6-20(7-2)14(4)13-19-17(18-5)21-11-9-15(10-12-21)16(22)23-8-3/h14-15H,6-13H2,1-5H3,(H,18,19). The topological polar surface area (TPSA) is 57.2 Å². The van der Waals surface area contributed by atoms with Gasteiger partial charge in [-0.2, -0.15) is 0 Å². The highest BCUT2D eigenvalue weighted by Gasteiger charge is 2.27. The van der Waals surface area contributed by atoms with E-state index < -0.39 is 0 Å². The van der Waals surface area contributed by atoms with Gasteiger partial charge in [0.1, 0.15) is 0 Å². The first-order valence-electron chi connectivity index (χ1n) is 8.93. The maximum absolute atomic E-state index is 11.8. The number of hydrogen-bond acceptors (Lipinski definition) is 4. The molecule has 1 atom stereocenters. The number of nitrogens with zero attached hydrogens (tertiary/aromatic N) is 3. The fraction of sp³-hybridized carbons (Fsp3) is 0.882. The van der Waals surface area contributed by atoms with Gasteiger partial charge in [0.15, 0.2) is 5.96 Å². The Morgan fingerprint density at radius 2 is 1.91 bits per heavy atom. The molecule has 23 heavy (non-hydrogen) atoms. The number of ether oxygens (including phenoxy) is 1. The number of likely N-dealkylation sites (tertiary alicyclic amines) is 1. The molecule has 0 bridgehead atoms. The zero-order valence-electron chi connectivity index (χ0n) is 15.5. The lowest BCUT2D eigenvalue weighted by molar-refractivity contribution is -0.149. The molecule has 0 saturated carbocycles. The molecule has 6 nitrogen and oxygen atoms in total. The molecule has 1 N–H and O–H groups in total. The number of piperidine rings is 1. The summed E-state index contributed by atoms with van der Waals surface area (Å²) in [6.07, 6.45) is 1.68. The average Bonchev–Trinajstić information content (AvgIpc) is 2.57. The summed E-state index contributed by atoms with van der Waals surface area (Å²) >= 11 is 0. The van der Waals surface area contributed by atoms with Crippen LogP contribution in [-0.4, -0.2) is 74.1 Å². The van der Waals surface area contributed by atoms with Gasteiger partial charge in [0.25, 0.3) is 0 Å². The van der Waals surface area contributed by atoms with Crippen LogP contribution in [0.25, 0.3) is 0 Å². The molecular weight excluding hydrogens is 292 g/mol. The molecule has 6 heteroatoms. The van der Waals surface area contributed by atoms with Gasteiger partial charge in [-0.1, -0.05) is 13.8 Å². The Kier molecular flexibility index (Phi) is 8.99. The minimum atomic E-state index is -0.0507. The minimum absolute atomic E-state index is 0.0407. The number of guanidine groups is 1. The molecule has 1 unspecified atom stereocenters. The lowest BCUT2D eigenvalue weighted by atomic mass is 9.97. The number of rotatable bonds is 7. The summed E-state index contributed by atoms with van der Waals surface area (Å²) in [7, 11) is 1.82. The Balaban J connectivity index is 2.44. The van der Waals surface area contributed by atoms with Crippen molar-refractivity contribution in [3.05, 3.63) is 0 Å². The fourth-order valence-electron chi connectivity index (χ4n) is 3.13. The molecule has 0 amide bonds. The van der Waals surface area contributed by atoms with Crippen LogP contribution in [0.15, 0.2) is 4.99 Å². The van der Waals surface area contributed by atoms with Crippen molar-refractivity contribution in [1.82, 2.24) is 15.1 Å². The largest absolute Gasteiger partial charge is 0.466 e. The number of carbonyl (C=O) groups excluding carboxylic acids is 1. The van der Waals surface area contributed by atoms with Crippen molar-refractivity contribution < 1.29 is 9.53 Å². The van der Waals surface area contributed by atoms with Crippen LogP contribution < -0.4 is 5.32 Å². The van der Waals surface area contributed by atoms with Crippen LogP contribution in [0.4, 0.5) is 0 Å². The van der Waals surface area contributed by atoms with E-state index in [1.54, 1.807) is 0 Å². The summed E-state index contributed by atoms with van der Waals surface area (Å²) in [6.45, 7) is 13.6. The maximum atomic E-state index is 11.8. The lowest BCUT2D eigenvalue weighted by Crippen LogP contribution is -2.50. The Morgan fingerprint density at radius 1 is 1.30 bits per heavy atom. The SMILES string of the molecule is CCOC(=O)C1CCN(C(=NC)NCC(C)N(CC)CC)CC1. The summed E-state index contributed by atoms with van der Waals surface area (Å²) in [4.78, 5) is 20.9. The predicted octanol–water partition coefficient (Wildman–Crippen LogP) is 1.57. The summed E-state index contributed by atoms with van der Waals surface area (Å²) in [5.41, 5.74) is 0. The highest BCUT2D eigenvalue weighted by atomic mass is 16.5. The van der Waals surface area contributed by atoms with Gasteiger partial charge < -0.3 is 15.0 Å². The van der Waals surface area contributed by atoms with Gasteiger partial charge in [-0.3, -0.25) is 14.7 Å². The smallest absolute Gasteiger partial charge is 0.309 e. The van der Waals surface area contributed by atoms with Crippen molar-refractivity contribution in [3.8, 4) is 0 Å². The fourth-order valence-corrected chi connectivity index (χ4v) is 3.13. The third-order valence-electron chi connectivity index (χ3n) is 4.62. The van der Waals surface area contributed by atoms with E-state index in [9.17, 15) is 4.79 Å². The Bertz CT molecular complexity index is 375. The summed E-state index contributed by atoms with van der Waals surface area (Å²) in [5.74, 6) is 0.926. The first kappa shape index (κ1) is 19.7. The van der Waals surface area contributed by atoms with Crippen LogP contribution in [0.5, 0.6) is 0 Å². The monoisotopic (exact) mass is 326 g/mol. The molecule has 1 rings (SSSR count). The number of carbonyl (C=O) groups is 1. The number of likely N-dealkylation sites (N-methyl/N-ethyl adjacent to an activating group) is 1. The van der Waals surface area contributed by atoms with Crippen molar-refractivity contribution in [2.75, 3.05) is 46.4 Å². The van der Waals surface area contributed by atoms with Crippen molar-refractivity contribution >= 4 is 11.9 Å². The van der Waals surface area contributed by atoms with E-state index in [0.717, 1.165) is 51.5 Å². The van der Waals surface area contributed by atoms with E-state index in [2.05, 4.69) is 40.9 Å². The highest BCUT2D eigenvalue weighted by Crippen LogP contribution is 2.18. The van der Waals surface area contributed by atoms with Crippen LogP contribution >= 0.6 is 0 Å². The van der Waals surface area contributed by atoms with Crippen molar-refractivity contribution in [2.24, 2.45) is 10.9 Å². The second-order valence-electron chi connectivity index (χ2n) is 6.01. The quantitative estimate of drug-likeness (QED) is 0.437. The van der Waals surface area contributed by atoms with Crippen molar-refractivity contribution in [2.45, 2.75) is 46.6 Å². The molecule has 134 valence electrons. The zero-order valence-corrected chi connectivity index (χ0v) is 15.5. The summed E-state index contributed by atoms with van der Waals surface area (Å²) in [5, 5.41) is 3.48. The van der Waals surface area contributed by atoms with Crippen LogP contribution in [-0.2, 0) is 9.53 Å². The van der Waals surface area contributed by atoms with Gasteiger partial charge in [-0.15, -0.1) is 0 Å². The normalized spacial score (nSPS) is 18.2. The van der Waals surface area contributed by atoms with Gasteiger partial charge >= 0.3 is 5.97 Å². The molecule has 1 aliphatic heterocycles. The predicted molar refractivity (Wildman–Crippen MR) is 94.7 cm³/mol. The minimum Gasteiger partial charge on any atom is -0.466 e. The van der Waals surface area contributed by atoms with E-state index in [1.165, 1.54) is 0 Å². The molecule has 0 aromatic heterocycles. The molecule has 1 heterocycles. The Morgan fingerprint density at radius 3 is 2.39 bits per heavy atom. The zero-order chi connectivity index (χ0) is 17.2. The maximum Gasteiger partial charge on any atom is 0.309 e. The number of aliphatic imine (C=N–C) groups is 1. The lowest BCUT2D eigenvalue weighted by Gasteiger charge is -2.34. The molecule has 0 aliphatic carbocycles. The molecule has 0 aromatic rings. The second kappa shape index (κ2) is 10.5. The van der Waals surface area contributed by atoms with Gasteiger partial charge in [0.2, 0.25) is 0 Å². The second-order valence-corrected chi connectivity index (χ2v) is 6.01. The van der Waals surface area contributed by atoms with E-state index in [1.807, 2.05) is 14.0 Å². The van der Waals surface area contributed by atoms with Crippen molar-refractivity contribution in [1.29, 1.82) is 0 Å². The Labute approximate surface area is 141 Å². The first-order chi connectivity index (χ1) is 11.1. The van der Waals surface area contributed by atoms with Gasteiger partial charge in [0, 0.05) is 32.7 Å². The average molecular weight is 326 g/mol. The molecule has 0 spiro atoms. The highest BCUT2D eigenvalue weighted by molar-refractivity contribution is 5.80. The van der Waals surface area contributed by atoms with Gasteiger partial charge in [0.05, 0.1) is 12.5 Å². The molecule has 0 aromatic carbocycles. The first-order valence-corrected chi connectivity index (χ1v) is 8.93. The van der Waals surface area contributed by atoms with Crippen LogP contribution in [0.2, 0.25) is 0 Å². The number of esters is 1. The van der Waals surface area contributed by atoms with E-state index in [0.29, 0.717) is 12.6 Å². The summed E-state index contributed by atoms with van der Waals surface area (Å²) in [6, 6.07) is 0.471. The van der Waals surface area contributed by atoms with Crippen molar-refractivity contribution in [3.63, 3.8) is 0 Å². The number of nitrogens with one attached hydrogen (secondary N) is 1. The molecule has 1 fully saturated rings. The third kappa shape index (κ3) is 6.01. The summed E-state index contributed by atoms with van der Waals surface area (Å²) < 4.78 is 5.12. The van der Waals surface area contributed by atoms with E-state index in [-0.39, 0.29) is 11.9 Å². The number of hydrogen-bond donors (Lipinski definition) is 1. The van der Waals surface area contributed by atoms with Crippen LogP contribution in [0.1, 0.15) is 40.5 Å². The van der Waals surface area contributed by atoms with E-state index >= 15 is 0 Å². The third-order valence-corrected chi connectivity index (χ3v) is 4.62. The Hall–Kier alpha value is -1.30. The molecular formula is C17H34N4O2. The van der Waals surface area contributed by atoms with Gasteiger partial charge in [-0.25, -0.2) is 0 Å². The molecule has 1 aliphatic rings. The molecule has 1 saturated heterocycles. The van der Waals surface area contributed by atoms with Crippen LogP contribution in [0, 0.1) is 5.92 Å². The molecule has 0 radical (unpaired) electrons.